The van der Waals surface area contributed by atoms with Crippen molar-refractivity contribution in [1.29, 1.82) is 5.26 Å². The van der Waals surface area contributed by atoms with Gasteiger partial charge in [-0.3, -0.25) is 0 Å². The molecular formula is C25H25N5O2. The van der Waals surface area contributed by atoms with Crippen LogP contribution < -0.4 is 5.32 Å². The molecule has 7 nitrogen and oxygen atoms in total. The molecule has 1 aromatic heterocycles. The van der Waals surface area contributed by atoms with Gasteiger partial charge in [0, 0.05) is 24.3 Å². The zero-order valence-electron chi connectivity index (χ0n) is 18.4. The van der Waals surface area contributed by atoms with Gasteiger partial charge in [-0.25, -0.2) is 14.8 Å². The molecule has 7 heteroatoms. The average molecular weight is 428 g/mol. The van der Waals surface area contributed by atoms with Crippen LogP contribution in [0.25, 0.3) is 16.6 Å². The lowest BCUT2D eigenvalue weighted by Gasteiger charge is -2.23. The van der Waals surface area contributed by atoms with Gasteiger partial charge >= 0.3 is 5.97 Å². The van der Waals surface area contributed by atoms with E-state index in [4.69, 9.17) is 4.98 Å². The first-order valence-electron chi connectivity index (χ1n) is 10.6. The Hall–Kier alpha value is -3.76. The van der Waals surface area contributed by atoms with Gasteiger partial charge in [0.2, 0.25) is 0 Å². The maximum Gasteiger partial charge on any atom is 0.337 e. The number of nitrogens with zero attached hydrogens (tertiary/aromatic N) is 4. The Kier molecular flexibility index (Phi) is 5.89. The van der Waals surface area contributed by atoms with Gasteiger partial charge in [-0.2, -0.15) is 5.26 Å². The highest BCUT2D eigenvalue weighted by Gasteiger charge is 2.20. The van der Waals surface area contributed by atoms with Gasteiger partial charge in [0.1, 0.15) is 11.8 Å². The van der Waals surface area contributed by atoms with E-state index in [0.717, 1.165) is 41.7 Å². The lowest BCUT2D eigenvalue weighted by atomic mass is 9.99. The first kappa shape index (κ1) is 21.5. The molecule has 0 unspecified atom stereocenters. The molecule has 1 aliphatic heterocycles. The van der Waals surface area contributed by atoms with Crippen molar-refractivity contribution >= 4 is 28.3 Å². The number of carbonyl (C=O) groups is 1. The van der Waals surface area contributed by atoms with Crippen molar-refractivity contribution in [3.63, 3.8) is 0 Å². The Bertz CT molecular complexity index is 1280. The fourth-order valence-corrected chi connectivity index (χ4v) is 4.06. The molecule has 0 saturated heterocycles. The highest BCUT2D eigenvalue weighted by molar-refractivity contribution is 5.94. The predicted molar refractivity (Wildman–Crippen MR) is 125 cm³/mol. The van der Waals surface area contributed by atoms with Gasteiger partial charge in [-0.05, 0) is 56.7 Å². The summed E-state index contributed by atoms with van der Waals surface area (Å²) in [4.78, 5) is 23.4. The Morgan fingerprint density at radius 2 is 2.06 bits per heavy atom. The first-order chi connectivity index (χ1) is 15.4. The SMILES string of the molecule is Cc1cc([C@@H](C)Nc2ccccc2C(=O)O)c2nc(C3=CCN(C)CC3)c(C#N)nc2c1. The van der Waals surface area contributed by atoms with Crippen LogP contribution in [0.1, 0.15) is 52.3 Å². The fraction of sp³-hybridized carbons (Fsp3) is 0.280. The molecule has 1 aliphatic rings. The van der Waals surface area contributed by atoms with Crippen molar-refractivity contribution < 1.29 is 9.90 Å². The van der Waals surface area contributed by atoms with Crippen molar-refractivity contribution in [3.05, 3.63) is 70.6 Å². The standard InChI is InChI=1S/C25H25N5O2/c1-15-12-19(16(2)27-20-7-5-4-6-18(20)25(31)32)24-21(13-15)28-22(14-26)23(29-24)17-8-10-30(3)11-9-17/h4-8,12-13,16,27H,9-11H2,1-3H3,(H,31,32)/t16-/m1/s1. The number of carboxylic acid groups (broad SMARTS) is 1. The summed E-state index contributed by atoms with van der Waals surface area (Å²) in [5, 5.41) is 22.6. The first-order valence-corrected chi connectivity index (χ1v) is 10.6. The number of anilines is 1. The Morgan fingerprint density at radius 1 is 1.28 bits per heavy atom. The van der Waals surface area contributed by atoms with E-state index < -0.39 is 5.97 Å². The molecule has 0 spiro atoms. The number of aromatic carboxylic acids is 1. The maximum atomic E-state index is 11.6. The van der Waals surface area contributed by atoms with Crippen LogP contribution in [0.3, 0.4) is 0 Å². The molecule has 4 rings (SSSR count). The second-order valence-electron chi connectivity index (χ2n) is 8.21. The zero-order valence-corrected chi connectivity index (χ0v) is 18.4. The van der Waals surface area contributed by atoms with E-state index in [1.54, 1.807) is 24.3 Å². The molecule has 0 radical (unpaired) electrons. The molecule has 1 atom stereocenters. The second-order valence-corrected chi connectivity index (χ2v) is 8.21. The molecule has 2 heterocycles. The number of carboxylic acids is 1. The molecule has 0 bridgehead atoms. The van der Waals surface area contributed by atoms with Crippen molar-refractivity contribution in [2.45, 2.75) is 26.3 Å². The Labute approximate surface area is 187 Å². The summed E-state index contributed by atoms with van der Waals surface area (Å²) in [5.41, 5.74) is 6.05. The number of nitrogens with one attached hydrogen (secondary N) is 1. The zero-order chi connectivity index (χ0) is 22.8. The van der Waals surface area contributed by atoms with Crippen LogP contribution >= 0.6 is 0 Å². The summed E-state index contributed by atoms with van der Waals surface area (Å²) >= 11 is 0. The summed E-state index contributed by atoms with van der Waals surface area (Å²) in [5.74, 6) is -0.982. The van der Waals surface area contributed by atoms with Crippen LogP contribution in [-0.2, 0) is 0 Å². The van der Waals surface area contributed by atoms with Crippen molar-refractivity contribution in [1.82, 2.24) is 14.9 Å². The minimum absolute atomic E-state index is 0.214. The number of benzene rings is 2. The number of aromatic nitrogens is 2. The average Bonchev–Trinajstić information content (AvgIpc) is 2.78. The second kappa shape index (κ2) is 8.77. The molecule has 0 saturated carbocycles. The summed E-state index contributed by atoms with van der Waals surface area (Å²) in [6, 6.07) is 12.8. The normalized spacial score (nSPS) is 15.1. The van der Waals surface area contributed by atoms with Crippen LogP contribution in [-0.4, -0.2) is 46.1 Å². The van der Waals surface area contributed by atoms with Gasteiger partial charge < -0.3 is 15.3 Å². The molecular weight excluding hydrogens is 402 g/mol. The van der Waals surface area contributed by atoms with Crippen molar-refractivity contribution in [3.8, 4) is 6.07 Å². The molecule has 0 fully saturated rings. The molecule has 32 heavy (non-hydrogen) atoms. The number of nitriles is 1. The molecule has 2 N–H and O–H groups in total. The number of hydrogen-bond donors (Lipinski definition) is 2. The Balaban J connectivity index is 1.82. The smallest absolute Gasteiger partial charge is 0.337 e. The molecule has 0 amide bonds. The quantitative estimate of drug-likeness (QED) is 0.622. The number of hydrogen-bond acceptors (Lipinski definition) is 6. The fourth-order valence-electron chi connectivity index (χ4n) is 4.06. The van der Waals surface area contributed by atoms with Crippen LogP contribution in [0.2, 0.25) is 0 Å². The maximum absolute atomic E-state index is 11.6. The minimum Gasteiger partial charge on any atom is -0.478 e. The number of aryl methyl sites for hydroxylation is 1. The highest BCUT2D eigenvalue weighted by atomic mass is 16.4. The number of likely N-dealkylation sites (N-methyl/N-ethyl adjacent to an activating group) is 1. The van der Waals surface area contributed by atoms with E-state index in [1.165, 1.54) is 0 Å². The lowest BCUT2D eigenvalue weighted by molar-refractivity contribution is 0.0698. The summed E-state index contributed by atoms with van der Waals surface area (Å²) in [7, 11) is 2.06. The van der Waals surface area contributed by atoms with E-state index in [9.17, 15) is 15.2 Å². The van der Waals surface area contributed by atoms with E-state index in [1.807, 2.05) is 26.0 Å². The highest BCUT2D eigenvalue weighted by Crippen LogP contribution is 2.31. The third-order valence-electron chi connectivity index (χ3n) is 5.76. The lowest BCUT2D eigenvalue weighted by Crippen LogP contribution is -2.24. The summed E-state index contributed by atoms with van der Waals surface area (Å²) in [6.45, 7) is 5.66. The van der Waals surface area contributed by atoms with Crippen LogP contribution in [0.15, 0.2) is 42.5 Å². The van der Waals surface area contributed by atoms with Gasteiger partial charge in [-0.15, -0.1) is 0 Å². The molecule has 2 aromatic carbocycles. The van der Waals surface area contributed by atoms with Gasteiger partial charge in [-0.1, -0.05) is 24.3 Å². The van der Waals surface area contributed by atoms with Gasteiger partial charge in [0.15, 0.2) is 5.69 Å². The number of rotatable bonds is 5. The molecule has 0 aliphatic carbocycles. The van der Waals surface area contributed by atoms with Crippen LogP contribution in [0.5, 0.6) is 0 Å². The molecule has 162 valence electrons. The summed E-state index contributed by atoms with van der Waals surface area (Å²) in [6.07, 6.45) is 2.92. The van der Waals surface area contributed by atoms with Crippen molar-refractivity contribution in [2.75, 3.05) is 25.5 Å². The van der Waals surface area contributed by atoms with E-state index >= 15 is 0 Å². The monoisotopic (exact) mass is 427 g/mol. The largest absolute Gasteiger partial charge is 0.478 e. The number of para-hydroxylation sites is 1. The Morgan fingerprint density at radius 3 is 2.75 bits per heavy atom. The van der Waals surface area contributed by atoms with E-state index in [-0.39, 0.29) is 11.6 Å². The van der Waals surface area contributed by atoms with Gasteiger partial charge in [0.25, 0.3) is 0 Å². The number of fused-ring (bicyclic) bond motifs is 1. The van der Waals surface area contributed by atoms with Crippen LogP contribution in [0.4, 0.5) is 5.69 Å². The third kappa shape index (κ3) is 4.18. The van der Waals surface area contributed by atoms with Crippen LogP contribution in [0, 0.1) is 18.3 Å². The third-order valence-corrected chi connectivity index (χ3v) is 5.76. The van der Waals surface area contributed by atoms with Gasteiger partial charge in [0.05, 0.1) is 22.6 Å². The summed E-state index contributed by atoms with van der Waals surface area (Å²) < 4.78 is 0. The van der Waals surface area contributed by atoms with Crippen molar-refractivity contribution in [2.24, 2.45) is 0 Å². The van der Waals surface area contributed by atoms with E-state index in [0.29, 0.717) is 22.6 Å². The predicted octanol–water partition coefficient (Wildman–Crippen LogP) is 4.40. The topological polar surface area (TPSA) is 102 Å². The minimum atomic E-state index is -0.982. The molecule has 3 aromatic rings. The van der Waals surface area contributed by atoms with E-state index in [2.05, 4.69) is 34.4 Å².